The van der Waals surface area contributed by atoms with Gasteiger partial charge in [0.15, 0.2) is 0 Å². The van der Waals surface area contributed by atoms with Gasteiger partial charge < -0.3 is 4.74 Å². The van der Waals surface area contributed by atoms with E-state index in [1.807, 2.05) is 26.0 Å². The predicted molar refractivity (Wildman–Crippen MR) is 60.2 cm³/mol. The molecule has 0 bridgehead atoms. The molecule has 0 aromatic heterocycles. The third-order valence-electron chi connectivity index (χ3n) is 1.89. The highest BCUT2D eigenvalue weighted by molar-refractivity contribution is 7.84. The van der Waals surface area contributed by atoms with E-state index in [1.54, 1.807) is 6.07 Å². The van der Waals surface area contributed by atoms with Gasteiger partial charge in [-0.25, -0.2) is 9.32 Å². The summed E-state index contributed by atoms with van der Waals surface area (Å²) in [4.78, 5) is 0. The van der Waals surface area contributed by atoms with Crippen molar-refractivity contribution in [2.45, 2.75) is 27.1 Å². The van der Waals surface area contributed by atoms with Gasteiger partial charge in [-0.1, -0.05) is 17.7 Å². The molecule has 0 aliphatic carbocycles. The summed E-state index contributed by atoms with van der Waals surface area (Å²) in [5, 5.41) is 4.72. The van der Waals surface area contributed by atoms with E-state index in [9.17, 15) is 8.42 Å². The predicted octanol–water partition coefficient (Wildman–Crippen LogP) is 1.25. The molecule has 1 rings (SSSR count). The number of aryl methyl sites for hydroxylation is 2. The summed E-state index contributed by atoms with van der Waals surface area (Å²) in [7, 11) is -3.99. The van der Waals surface area contributed by atoms with E-state index >= 15 is 0 Å². The van der Waals surface area contributed by atoms with Crippen LogP contribution in [-0.4, -0.2) is 14.7 Å². The number of hydrogen-bond donors (Lipinski definition) is 1. The van der Waals surface area contributed by atoms with E-state index in [-0.39, 0.29) is 0 Å². The molecule has 90 valence electrons. The third-order valence-corrected chi connectivity index (χ3v) is 2.43. The van der Waals surface area contributed by atoms with Crippen LogP contribution in [0.1, 0.15) is 18.1 Å². The van der Waals surface area contributed by atoms with Gasteiger partial charge in [0.25, 0.3) is 0 Å². The minimum absolute atomic E-state index is 0.571. The van der Waals surface area contributed by atoms with Gasteiger partial charge in [-0.3, -0.25) is 0 Å². The van der Waals surface area contributed by atoms with E-state index in [2.05, 4.69) is 4.18 Å². The molecule has 0 aliphatic rings. The van der Waals surface area contributed by atoms with E-state index in [0.717, 1.165) is 11.1 Å². The first-order valence-corrected chi connectivity index (χ1v) is 6.20. The summed E-state index contributed by atoms with van der Waals surface area (Å²) in [5.74, 6) is 0.571. The molecule has 0 fully saturated rings. The molecular formula is C10H15NO4S. The maximum atomic E-state index is 10.6. The zero-order chi connectivity index (χ0) is 12.3. The van der Waals surface area contributed by atoms with Crippen molar-refractivity contribution >= 4 is 10.3 Å². The van der Waals surface area contributed by atoms with Gasteiger partial charge in [0, 0.05) is 0 Å². The summed E-state index contributed by atoms with van der Waals surface area (Å²) < 4.78 is 31.0. The Morgan fingerprint density at radius 3 is 2.44 bits per heavy atom. The van der Waals surface area contributed by atoms with Crippen LogP contribution in [0.4, 0.5) is 0 Å². The highest BCUT2D eigenvalue weighted by atomic mass is 32.2. The van der Waals surface area contributed by atoms with Crippen molar-refractivity contribution in [3.05, 3.63) is 29.3 Å². The summed E-state index contributed by atoms with van der Waals surface area (Å²) in [6, 6.07) is 5.55. The molecule has 0 saturated heterocycles. The highest BCUT2D eigenvalue weighted by Crippen LogP contribution is 2.20. The Morgan fingerprint density at radius 2 is 1.94 bits per heavy atom. The fraction of sp³-hybridized carbons (Fsp3) is 0.400. The number of rotatable bonds is 4. The summed E-state index contributed by atoms with van der Waals surface area (Å²) >= 11 is 0. The SMILES string of the molecule is Cc1ccc(OC(C)OS(N)(=O)=O)c(C)c1. The lowest BCUT2D eigenvalue weighted by atomic mass is 10.1. The molecule has 5 nitrogen and oxygen atoms in total. The van der Waals surface area contributed by atoms with E-state index < -0.39 is 16.6 Å². The van der Waals surface area contributed by atoms with Gasteiger partial charge in [-0.05, 0) is 32.4 Å². The lowest BCUT2D eigenvalue weighted by Gasteiger charge is -2.15. The number of ether oxygens (including phenoxy) is 1. The highest BCUT2D eigenvalue weighted by Gasteiger charge is 2.13. The van der Waals surface area contributed by atoms with Crippen molar-refractivity contribution in [1.29, 1.82) is 0 Å². The molecule has 0 heterocycles. The maximum absolute atomic E-state index is 10.6. The molecule has 1 aromatic rings. The molecule has 0 amide bonds. The Kier molecular flexibility index (Phi) is 3.90. The largest absolute Gasteiger partial charge is 0.464 e. The lowest BCUT2D eigenvalue weighted by molar-refractivity contribution is 0.0277. The molecular weight excluding hydrogens is 230 g/mol. The van der Waals surface area contributed by atoms with Gasteiger partial charge in [-0.15, -0.1) is 0 Å². The quantitative estimate of drug-likeness (QED) is 0.810. The summed E-state index contributed by atoms with van der Waals surface area (Å²) in [5.41, 5.74) is 2.01. The number of nitrogens with two attached hydrogens (primary N) is 1. The Bertz CT molecular complexity index is 470. The molecule has 6 heteroatoms. The first-order chi connectivity index (χ1) is 7.28. The average Bonchev–Trinajstić information content (AvgIpc) is 2.06. The molecule has 0 aliphatic heterocycles. The van der Waals surface area contributed by atoms with Crippen molar-refractivity contribution in [2.24, 2.45) is 5.14 Å². The summed E-state index contributed by atoms with van der Waals surface area (Å²) in [6.07, 6.45) is -0.948. The first-order valence-electron chi connectivity index (χ1n) is 4.73. The molecule has 1 atom stereocenters. The van der Waals surface area contributed by atoms with Crippen molar-refractivity contribution in [1.82, 2.24) is 0 Å². The fourth-order valence-electron chi connectivity index (χ4n) is 1.32. The first kappa shape index (κ1) is 13.0. The Labute approximate surface area is 95.4 Å². The van der Waals surface area contributed by atoms with Crippen molar-refractivity contribution in [3.8, 4) is 5.75 Å². The molecule has 0 radical (unpaired) electrons. The zero-order valence-corrected chi connectivity index (χ0v) is 10.2. The molecule has 0 saturated carbocycles. The van der Waals surface area contributed by atoms with Crippen molar-refractivity contribution < 1.29 is 17.3 Å². The average molecular weight is 245 g/mol. The minimum atomic E-state index is -3.99. The zero-order valence-electron chi connectivity index (χ0n) is 9.43. The fourth-order valence-corrected chi connectivity index (χ4v) is 1.74. The number of benzene rings is 1. The molecule has 16 heavy (non-hydrogen) atoms. The van der Waals surface area contributed by atoms with Gasteiger partial charge >= 0.3 is 10.3 Å². The molecule has 1 aromatic carbocycles. The van der Waals surface area contributed by atoms with Gasteiger partial charge in [0.1, 0.15) is 5.75 Å². The van der Waals surface area contributed by atoms with Crippen LogP contribution in [0.5, 0.6) is 5.75 Å². The molecule has 1 unspecified atom stereocenters. The maximum Gasteiger partial charge on any atom is 0.336 e. The Morgan fingerprint density at radius 1 is 1.31 bits per heavy atom. The van der Waals surface area contributed by atoms with Crippen molar-refractivity contribution in [3.63, 3.8) is 0 Å². The second kappa shape index (κ2) is 4.82. The van der Waals surface area contributed by atoms with Crippen LogP contribution in [0.15, 0.2) is 18.2 Å². The van der Waals surface area contributed by atoms with Crippen LogP contribution >= 0.6 is 0 Å². The van der Waals surface area contributed by atoms with Gasteiger partial charge in [-0.2, -0.15) is 8.42 Å². The Hall–Kier alpha value is -1.11. The van der Waals surface area contributed by atoms with Crippen LogP contribution in [0.25, 0.3) is 0 Å². The van der Waals surface area contributed by atoms with Crippen LogP contribution in [0, 0.1) is 13.8 Å². The normalized spacial score (nSPS) is 13.5. The number of hydrogen-bond acceptors (Lipinski definition) is 4. The topological polar surface area (TPSA) is 78.6 Å². The summed E-state index contributed by atoms with van der Waals surface area (Å²) in [6.45, 7) is 5.29. The van der Waals surface area contributed by atoms with Crippen LogP contribution < -0.4 is 9.88 Å². The van der Waals surface area contributed by atoms with Gasteiger partial charge in [0.05, 0.1) is 0 Å². The monoisotopic (exact) mass is 245 g/mol. The minimum Gasteiger partial charge on any atom is -0.464 e. The third kappa shape index (κ3) is 4.18. The van der Waals surface area contributed by atoms with Crippen LogP contribution in [-0.2, 0) is 14.5 Å². The van der Waals surface area contributed by atoms with Gasteiger partial charge in [0.2, 0.25) is 6.29 Å². The molecule has 2 N–H and O–H groups in total. The second-order valence-corrected chi connectivity index (χ2v) is 4.72. The van der Waals surface area contributed by atoms with E-state index in [0.29, 0.717) is 5.75 Å². The molecule has 0 spiro atoms. The van der Waals surface area contributed by atoms with Crippen LogP contribution in [0.3, 0.4) is 0 Å². The smallest absolute Gasteiger partial charge is 0.336 e. The van der Waals surface area contributed by atoms with Crippen molar-refractivity contribution in [2.75, 3.05) is 0 Å². The van der Waals surface area contributed by atoms with E-state index in [1.165, 1.54) is 6.92 Å². The Balaban J connectivity index is 2.73. The van der Waals surface area contributed by atoms with E-state index in [4.69, 9.17) is 9.88 Å². The lowest BCUT2D eigenvalue weighted by Crippen LogP contribution is -2.26. The second-order valence-electron chi connectivity index (χ2n) is 3.54. The van der Waals surface area contributed by atoms with Crippen LogP contribution in [0.2, 0.25) is 0 Å². The standard InChI is InChI=1S/C10H15NO4S/c1-7-4-5-10(8(2)6-7)14-9(3)15-16(11,12)13/h4-6,9H,1-3H3,(H2,11,12,13).